The maximum atomic E-state index is 12.9. The van der Waals surface area contributed by atoms with Crippen LogP contribution in [0.25, 0.3) is 21.7 Å². The summed E-state index contributed by atoms with van der Waals surface area (Å²) in [5.41, 5.74) is 0.206. The zero-order chi connectivity index (χ0) is 19.0. The van der Waals surface area contributed by atoms with Crippen LogP contribution in [-0.2, 0) is 12.7 Å². The first-order valence-corrected chi connectivity index (χ1v) is 8.27. The van der Waals surface area contributed by atoms with Gasteiger partial charge in [0, 0.05) is 23.7 Å². The monoisotopic (exact) mass is 369 g/mol. The summed E-state index contributed by atoms with van der Waals surface area (Å²) in [6, 6.07) is 17.6. The Balaban J connectivity index is 1.76. The van der Waals surface area contributed by atoms with Gasteiger partial charge in [-0.25, -0.2) is 4.79 Å². The number of nitrogens with one attached hydrogen (secondary N) is 1. The Hall–Kier alpha value is -3.28. The molecule has 0 unspecified atom stereocenters. The van der Waals surface area contributed by atoms with Crippen molar-refractivity contribution in [2.75, 3.05) is 5.32 Å². The van der Waals surface area contributed by atoms with Crippen LogP contribution in [0.5, 0.6) is 0 Å². The molecule has 1 heterocycles. The minimum absolute atomic E-state index is 0.192. The van der Waals surface area contributed by atoms with E-state index in [2.05, 4.69) is 5.32 Å². The standard InChI is InChI=1S/C21H14F3NO2/c22-21(23,24)15-5-3-6-16(11-15)25-12-14-10-19(26)27-18-9-8-13-4-1-2-7-17(13)20(14)18/h1-11,25H,12H2. The van der Waals surface area contributed by atoms with E-state index in [9.17, 15) is 18.0 Å². The summed E-state index contributed by atoms with van der Waals surface area (Å²) < 4.78 is 44.0. The highest BCUT2D eigenvalue weighted by Crippen LogP contribution is 2.31. The molecular weight excluding hydrogens is 355 g/mol. The number of rotatable bonds is 3. The highest BCUT2D eigenvalue weighted by atomic mass is 19.4. The van der Waals surface area contributed by atoms with Gasteiger partial charge in [0.2, 0.25) is 0 Å². The fourth-order valence-electron chi connectivity index (χ4n) is 3.16. The predicted octanol–water partition coefficient (Wildman–Crippen LogP) is 5.58. The van der Waals surface area contributed by atoms with Crippen LogP contribution >= 0.6 is 0 Å². The molecule has 4 aromatic rings. The van der Waals surface area contributed by atoms with Gasteiger partial charge in [-0.05, 0) is 40.6 Å². The lowest BCUT2D eigenvalue weighted by Crippen LogP contribution is -2.08. The second-order valence-electron chi connectivity index (χ2n) is 6.18. The van der Waals surface area contributed by atoms with E-state index in [1.807, 2.05) is 30.3 Å². The van der Waals surface area contributed by atoms with Crippen LogP contribution in [0.1, 0.15) is 11.1 Å². The third kappa shape index (κ3) is 3.38. The van der Waals surface area contributed by atoms with Crippen molar-refractivity contribution in [1.29, 1.82) is 0 Å². The Morgan fingerprint density at radius 2 is 1.74 bits per heavy atom. The average molecular weight is 369 g/mol. The van der Waals surface area contributed by atoms with E-state index in [4.69, 9.17) is 4.42 Å². The lowest BCUT2D eigenvalue weighted by Gasteiger charge is -2.12. The van der Waals surface area contributed by atoms with Gasteiger partial charge in [-0.15, -0.1) is 0 Å². The van der Waals surface area contributed by atoms with Gasteiger partial charge in [-0.2, -0.15) is 13.2 Å². The molecule has 6 heteroatoms. The molecule has 0 bridgehead atoms. The van der Waals surface area contributed by atoms with Crippen LogP contribution in [0.2, 0.25) is 0 Å². The molecule has 0 aliphatic carbocycles. The molecule has 136 valence electrons. The minimum Gasteiger partial charge on any atom is -0.423 e. The van der Waals surface area contributed by atoms with Crippen LogP contribution < -0.4 is 10.9 Å². The second kappa shape index (κ2) is 6.46. The number of benzene rings is 3. The third-order valence-electron chi connectivity index (χ3n) is 4.39. The summed E-state index contributed by atoms with van der Waals surface area (Å²) in [7, 11) is 0. The third-order valence-corrected chi connectivity index (χ3v) is 4.39. The van der Waals surface area contributed by atoms with E-state index < -0.39 is 17.4 Å². The van der Waals surface area contributed by atoms with Crippen LogP contribution in [0, 0.1) is 0 Å². The topological polar surface area (TPSA) is 42.2 Å². The van der Waals surface area contributed by atoms with Gasteiger partial charge in [0.05, 0.1) is 5.56 Å². The average Bonchev–Trinajstić information content (AvgIpc) is 2.65. The normalized spacial score (nSPS) is 11.8. The fraction of sp³-hybridized carbons (Fsp3) is 0.0952. The van der Waals surface area contributed by atoms with E-state index in [1.165, 1.54) is 12.1 Å². The number of alkyl halides is 3. The molecule has 0 atom stereocenters. The molecular formula is C21H14F3NO2. The zero-order valence-electron chi connectivity index (χ0n) is 14.0. The summed E-state index contributed by atoms with van der Waals surface area (Å²) >= 11 is 0. The van der Waals surface area contributed by atoms with E-state index in [-0.39, 0.29) is 6.54 Å². The second-order valence-corrected chi connectivity index (χ2v) is 6.18. The molecule has 0 saturated heterocycles. The first-order valence-electron chi connectivity index (χ1n) is 8.27. The van der Waals surface area contributed by atoms with Gasteiger partial charge in [0.25, 0.3) is 0 Å². The molecule has 0 aliphatic heterocycles. The van der Waals surface area contributed by atoms with E-state index in [1.54, 1.807) is 12.1 Å². The lowest BCUT2D eigenvalue weighted by atomic mass is 10.0. The number of hydrogen-bond acceptors (Lipinski definition) is 3. The Bertz CT molecular complexity index is 1200. The largest absolute Gasteiger partial charge is 0.423 e. The molecule has 0 radical (unpaired) electrons. The molecule has 0 aliphatic rings. The molecule has 0 spiro atoms. The molecule has 27 heavy (non-hydrogen) atoms. The molecule has 0 amide bonds. The lowest BCUT2D eigenvalue weighted by molar-refractivity contribution is -0.137. The predicted molar refractivity (Wildman–Crippen MR) is 98.8 cm³/mol. The zero-order valence-corrected chi connectivity index (χ0v) is 14.0. The molecule has 3 aromatic carbocycles. The Morgan fingerprint density at radius 1 is 0.926 bits per heavy atom. The first-order chi connectivity index (χ1) is 12.9. The van der Waals surface area contributed by atoms with Crippen LogP contribution in [-0.4, -0.2) is 0 Å². The summed E-state index contributed by atoms with van der Waals surface area (Å²) in [6.45, 7) is 0.192. The molecule has 4 rings (SSSR count). The molecule has 0 fully saturated rings. The van der Waals surface area contributed by atoms with Crippen molar-refractivity contribution in [2.45, 2.75) is 12.7 Å². The van der Waals surface area contributed by atoms with Gasteiger partial charge in [0.15, 0.2) is 0 Å². The number of anilines is 1. The smallest absolute Gasteiger partial charge is 0.416 e. The quantitative estimate of drug-likeness (QED) is 0.379. The summed E-state index contributed by atoms with van der Waals surface area (Å²) in [5.74, 6) is 0. The van der Waals surface area contributed by atoms with Crippen molar-refractivity contribution in [3.05, 3.63) is 88.3 Å². The van der Waals surface area contributed by atoms with Gasteiger partial charge < -0.3 is 9.73 Å². The molecule has 3 nitrogen and oxygen atoms in total. The highest BCUT2D eigenvalue weighted by Gasteiger charge is 2.30. The highest BCUT2D eigenvalue weighted by molar-refractivity contribution is 6.07. The van der Waals surface area contributed by atoms with Crippen molar-refractivity contribution in [3.63, 3.8) is 0 Å². The first kappa shape index (κ1) is 17.1. The SMILES string of the molecule is O=c1cc(CNc2cccc(C(F)(F)F)c2)c2c(ccc3ccccc32)o1. The van der Waals surface area contributed by atoms with Crippen molar-refractivity contribution in [3.8, 4) is 0 Å². The summed E-state index contributed by atoms with van der Waals surface area (Å²) in [4.78, 5) is 11.9. The van der Waals surface area contributed by atoms with Crippen LogP contribution in [0.3, 0.4) is 0 Å². The van der Waals surface area contributed by atoms with E-state index in [0.29, 0.717) is 16.8 Å². The van der Waals surface area contributed by atoms with Crippen molar-refractivity contribution < 1.29 is 17.6 Å². The van der Waals surface area contributed by atoms with E-state index in [0.717, 1.165) is 28.3 Å². The molecule has 1 aromatic heterocycles. The molecule has 0 saturated carbocycles. The van der Waals surface area contributed by atoms with E-state index >= 15 is 0 Å². The van der Waals surface area contributed by atoms with Gasteiger partial charge >= 0.3 is 11.8 Å². The van der Waals surface area contributed by atoms with Gasteiger partial charge in [-0.3, -0.25) is 0 Å². The number of halogens is 3. The summed E-state index contributed by atoms with van der Waals surface area (Å²) in [6.07, 6.45) is -4.41. The number of fused-ring (bicyclic) bond motifs is 3. The maximum Gasteiger partial charge on any atom is 0.416 e. The maximum absolute atomic E-state index is 12.9. The van der Waals surface area contributed by atoms with Gasteiger partial charge in [0.1, 0.15) is 5.58 Å². The van der Waals surface area contributed by atoms with Gasteiger partial charge in [-0.1, -0.05) is 36.4 Å². The van der Waals surface area contributed by atoms with Crippen molar-refractivity contribution in [1.82, 2.24) is 0 Å². The van der Waals surface area contributed by atoms with Crippen LogP contribution in [0.15, 0.2) is 75.9 Å². The van der Waals surface area contributed by atoms with Crippen molar-refractivity contribution >= 4 is 27.4 Å². The minimum atomic E-state index is -4.41. The van der Waals surface area contributed by atoms with Crippen molar-refractivity contribution in [2.24, 2.45) is 0 Å². The Kier molecular flexibility index (Phi) is 4.11. The Morgan fingerprint density at radius 3 is 2.56 bits per heavy atom. The number of hydrogen-bond donors (Lipinski definition) is 1. The Labute approximate surface area is 152 Å². The molecule has 1 N–H and O–H groups in total. The fourth-order valence-corrected chi connectivity index (χ4v) is 3.16. The summed E-state index contributed by atoms with van der Waals surface area (Å²) in [5, 5.41) is 5.65. The van der Waals surface area contributed by atoms with Crippen LogP contribution in [0.4, 0.5) is 18.9 Å².